The van der Waals surface area contributed by atoms with E-state index in [0.29, 0.717) is 0 Å². The quantitative estimate of drug-likeness (QED) is 0.200. The van der Waals surface area contributed by atoms with Gasteiger partial charge in [0.2, 0.25) is 0 Å². The molecule has 0 unspecified atom stereocenters. The Balaban J connectivity index is 1.18. The number of benzene rings is 6. The van der Waals surface area contributed by atoms with Crippen molar-refractivity contribution >= 4 is 50.1 Å². The summed E-state index contributed by atoms with van der Waals surface area (Å²) in [6.45, 7) is 0. The normalized spacial score (nSPS) is 12.7. The van der Waals surface area contributed by atoms with Gasteiger partial charge in [-0.05, 0) is 88.0 Å². The molecule has 0 spiro atoms. The van der Waals surface area contributed by atoms with Crippen LogP contribution in [0, 0.1) is 0 Å². The number of fused-ring (bicyclic) bond motifs is 5. The molecule has 8 aromatic rings. The van der Waals surface area contributed by atoms with Gasteiger partial charge in [0.05, 0.1) is 5.52 Å². The van der Waals surface area contributed by atoms with Crippen LogP contribution in [0.3, 0.4) is 0 Å². The highest BCUT2D eigenvalue weighted by molar-refractivity contribution is 5.99. The van der Waals surface area contributed by atoms with Crippen molar-refractivity contribution in [2.45, 2.75) is 12.8 Å². The summed E-state index contributed by atoms with van der Waals surface area (Å²) in [4.78, 5) is 6.98. The lowest BCUT2D eigenvalue weighted by atomic mass is 9.96. The summed E-state index contributed by atoms with van der Waals surface area (Å²) < 4.78 is 6.41. The zero-order valence-electron chi connectivity index (χ0n) is 25.2. The number of aryl methyl sites for hydroxylation is 1. The van der Waals surface area contributed by atoms with Crippen LogP contribution in [0.2, 0.25) is 0 Å². The number of anilines is 2. The van der Waals surface area contributed by atoms with Gasteiger partial charge in [-0.1, -0.05) is 97.1 Å². The first-order valence-electron chi connectivity index (χ1n) is 15.8. The minimum atomic E-state index is 0.836. The second-order valence-corrected chi connectivity index (χ2v) is 12.0. The van der Waals surface area contributed by atoms with Crippen LogP contribution in [0.5, 0.6) is 0 Å². The lowest BCUT2D eigenvalue weighted by Crippen LogP contribution is -2.18. The van der Waals surface area contributed by atoms with Crippen LogP contribution in [0.4, 0.5) is 11.4 Å². The number of nitrogens with zero attached hydrogens (tertiary/aromatic N) is 2. The molecule has 2 heterocycles. The SMILES string of the molecule is C1=C(N(c2ccc(-c3ccccc3)cc2)c2cccc(-c3ccc4ccccc4c3)c2)CCc2oc3cc4ncccc4cc3c21. The van der Waals surface area contributed by atoms with E-state index in [1.807, 2.05) is 12.3 Å². The van der Waals surface area contributed by atoms with Crippen LogP contribution < -0.4 is 4.90 Å². The molecule has 1 aliphatic rings. The van der Waals surface area contributed by atoms with E-state index >= 15 is 0 Å². The topological polar surface area (TPSA) is 29.3 Å². The van der Waals surface area contributed by atoms with Gasteiger partial charge in [0.15, 0.2) is 0 Å². The molecule has 0 saturated heterocycles. The van der Waals surface area contributed by atoms with Gasteiger partial charge in [0.1, 0.15) is 11.3 Å². The lowest BCUT2D eigenvalue weighted by Gasteiger charge is -2.30. The Kier molecular flexibility index (Phi) is 6.27. The molecule has 6 aromatic carbocycles. The summed E-state index contributed by atoms with van der Waals surface area (Å²) in [5, 5.41) is 4.75. The van der Waals surface area contributed by atoms with Crippen molar-refractivity contribution in [3.63, 3.8) is 0 Å². The molecule has 1 aliphatic carbocycles. The molecule has 9 rings (SSSR count). The molecule has 0 aliphatic heterocycles. The van der Waals surface area contributed by atoms with Gasteiger partial charge in [-0.25, -0.2) is 0 Å². The number of allylic oxidation sites excluding steroid dienone is 1. The number of aromatic nitrogens is 1. The third-order valence-electron chi connectivity index (χ3n) is 9.15. The molecule has 218 valence electrons. The Labute approximate surface area is 267 Å². The van der Waals surface area contributed by atoms with Crippen molar-refractivity contribution in [1.29, 1.82) is 0 Å². The molecule has 2 aromatic heterocycles. The molecule has 0 atom stereocenters. The highest BCUT2D eigenvalue weighted by atomic mass is 16.3. The van der Waals surface area contributed by atoms with Crippen LogP contribution >= 0.6 is 0 Å². The first-order chi connectivity index (χ1) is 22.8. The minimum absolute atomic E-state index is 0.836. The Bertz CT molecular complexity index is 2420. The fraction of sp³-hybridized carbons (Fsp3) is 0.0465. The number of hydrogen-bond acceptors (Lipinski definition) is 3. The molecule has 3 nitrogen and oxygen atoms in total. The van der Waals surface area contributed by atoms with Gasteiger partial charge in [0.25, 0.3) is 0 Å². The average Bonchev–Trinajstić information content (AvgIpc) is 3.48. The second-order valence-electron chi connectivity index (χ2n) is 12.0. The largest absolute Gasteiger partial charge is 0.460 e. The molecule has 46 heavy (non-hydrogen) atoms. The highest BCUT2D eigenvalue weighted by Gasteiger charge is 2.24. The van der Waals surface area contributed by atoms with Crippen molar-refractivity contribution in [2.24, 2.45) is 0 Å². The summed E-state index contributed by atoms with van der Waals surface area (Å²) in [7, 11) is 0. The van der Waals surface area contributed by atoms with Crippen LogP contribution in [0.15, 0.2) is 162 Å². The van der Waals surface area contributed by atoms with E-state index in [4.69, 9.17) is 4.42 Å². The van der Waals surface area contributed by atoms with E-state index < -0.39 is 0 Å². The van der Waals surface area contributed by atoms with Crippen LogP contribution in [0.25, 0.3) is 61.0 Å². The Hall–Kier alpha value is -5.93. The number of hydrogen-bond donors (Lipinski definition) is 0. The van der Waals surface area contributed by atoms with Gasteiger partial charge in [0, 0.05) is 52.1 Å². The Morgan fingerprint density at radius 1 is 0.522 bits per heavy atom. The fourth-order valence-electron chi connectivity index (χ4n) is 6.84. The van der Waals surface area contributed by atoms with E-state index in [1.54, 1.807) is 0 Å². The van der Waals surface area contributed by atoms with Crippen LogP contribution in [0.1, 0.15) is 17.7 Å². The van der Waals surface area contributed by atoms with E-state index in [9.17, 15) is 0 Å². The zero-order chi connectivity index (χ0) is 30.5. The predicted molar refractivity (Wildman–Crippen MR) is 191 cm³/mol. The standard InChI is InChI=1S/C43H30N2O/c1-2-8-29(9-3-1)31-17-19-36(20-18-31)45(37-14-6-12-33(25-37)34-16-15-30-10-4-5-11-32(30)24-34)38-21-22-42-40(27-38)39-26-35-13-7-23-44-41(35)28-43(39)46-42/h1-20,23-28H,21-22H2. The summed E-state index contributed by atoms with van der Waals surface area (Å²) in [6, 6.07) is 52.1. The fourth-order valence-corrected chi connectivity index (χ4v) is 6.84. The van der Waals surface area contributed by atoms with Crippen molar-refractivity contribution < 1.29 is 4.42 Å². The highest BCUT2D eigenvalue weighted by Crippen LogP contribution is 2.41. The molecular weight excluding hydrogens is 560 g/mol. The molecule has 3 heteroatoms. The Morgan fingerprint density at radius 2 is 1.26 bits per heavy atom. The summed E-state index contributed by atoms with van der Waals surface area (Å²) in [5.74, 6) is 1.04. The van der Waals surface area contributed by atoms with Gasteiger partial charge < -0.3 is 9.32 Å². The van der Waals surface area contributed by atoms with Crippen molar-refractivity contribution in [3.05, 3.63) is 169 Å². The molecule has 0 amide bonds. The van der Waals surface area contributed by atoms with Crippen LogP contribution in [-0.2, 0) is 6.42 Å². The maximum Gasteiger partial charge on any atom is 0.137 e. The lowest BCUT2D eigenvalue weighted by molar-refractivity contribution is 0.542. The Morgan fingerprint density at radius 3 is 2.15 bits per heavy atom. The minimum Gasteiger partial charge on any atom is -0.460 e. The molecule has 0 radical (unpaired) electrons. The van der Waals surface area contributed by atoms with Crippen molar-refractivity contribution in [2.75, 3.05) is 4.90 Å². The third-order valence-corrected chi connectivity index (χ3v) is 9.15. The molecule has 0 bridgehead atoms. The van der Waals surface area contributed by atoms with Gasteiger partial charge in [-0.3, -0.25) is 4.98 Å². The van der Waals surface area contributed by atoms with Crippen LogP contribution in [-0.4, -0.2) is 4.98 Å². The number of pyridine rings is 1. The number of furan rings is 1. The first-order valence-corrected chi connectivity index (χ1v) is 15.8. The summed E-state index contributed by atoms with van der Waals surface area (Å²) >= 11 is 0. The number of rotatable bonds is 5. The van der Waals surface area contributed by atoms with E-state index in [-0.39, 0.29) is 0 Å². The second kappa shape index (κ2) is 10.9. The van der Waals surface area contributed by atoms with Crippen molar-refractivity contribution in [3.8, 4) is 22.3 Å². The maximum absolute atomic E-state index is 6.41. The summed E-state index contributed by atoms with van der Waals surface area (Å²) in [5.41, 5.74) is 11.3. The average molecular weight is 591 g/mol. The monoisotopic (exact) mass is 590 g/mol. The van der Waals surface area contributed by atoms with Gasteiger partial charge >= 0.3 is 0 Å². The summed E-state index contributed by atoms with van der Waals surface area (Å²) in [6.07, 6.45) is 5.87. The molecule has 0 N–H and O–H groups in total. The van der Waals surface area contributed by atoms with E-state index in [2.05, 4.69) is 155 Å². The van der Waals surface area contributed by atoms with E-state index in [0.717, 1.165) is 51.8 Å². The smallest absolute Gasteiger partial charge is 0.137 e. The van der Waals surface area contributed by atoms with Gasteiger partial charge in [-0.15, -0.1) is 0 Å². The first kappa shape index (κ1) is 26.5. The molecular formula is C43H30N2O. The third kappa shape index (κ3) is 4.65. The molecule has 0 saturated carbocycles. The maximum atomic E-state index is 6.41. The van der Waals surface area contributed by atoms with E-state index in [1.165, 1.54) is 44.3 Å². The molecule has 0 fully saturated rings. The predicted octanol–water partition coefficient (Wildman–Crippen LogP) is 11.6. The zero-order valence-corrected chi connectivity index (χ0v) is 25.2. The van der Waals surface area contributed by atoms with Gasteiger partial charge in [-0.2, -0.15) is 0 Å². The van der Waals surface area contributed by atoms with Crippen molar-refractivity contribution in [1.82, 2.24) is 4.98 Å².